The van der Waals surface area contributed by atoms with Gasteiger partial charge in [0.1, 0.15) is 9.88 Å². The van der Waals surface area contributed by atoms with E-state index < -0.39 is 5.97 Å². The Morgan fingerprint density at radius 3 is 2.68 bits per heavy atom. The van der Waals surface area contributed by atoms with E-state index in [1.165, 1.54) is 18.4 Å². The first-order valence-electron chi connectivity index (χ1n) is 7.50. The van der Waals surface area contributed by atoms with E-state index in [1.807, 2.05) is 30.7 Å². The maximum absolute atomic E-state index is 12.7. The fraction of sp³-hybridized carbons (Fsp3) is 0.167. The van der Waals surface area contributed by atoms with Crippen LogP contribution in [-0.4, -0.2) is 24.0 Å². The monoisotopic (exact) mass is 372 g/mol. The molecule has 1 N–H and O–H groups in total. The van der Waals surface area contributed by atoms with Gasteiger partial charge in [-0.1, -0.05) is 6.07 Å². The smallest absolute Gasteiger partial charge is 0.337 e. The lowest BCUT2D eigenvalue weighted by Crippen LogP contribution is -2.13. The van der Waals surface area contributed by atoms with Crippen molar-refractivity contribution in [3.8, 4) is 10.6 Å². The van der Waals surface area contributed by atoms with E-state index in [1.54, 1.807) is 29.5 Å². The van der Waals surface area contributed by atoms with Crippen LogP contribution in [0.15, 0.2) is 35.0 Å². The molecule has 128 valence electrons. The summed E-state index contributed by atoms with van der Waals surface area (Å²) in [6.07, 6.45) is 0. The molecular weight excluding hydrogens is 356 g/mol. The number of carbonyl (C=O) groups is 2. The van der Waals surface area contributed by atoms with E-state index in [9.17, 15) is 9.59 Å². The molecular formula is C18H16N2O3S2. The number of rotatable bonds is 4. The number of amides is 1. The first kappa shape index (κ1) is 17.3. The topological polar surface area (TPSA) is 68.3 Å². The van der Waals surface area contributed by atoms with Crippen molar-refractivity contribution in [3.05, 3.63) is 56.7 Å². The predicted octanol–water partition coefficient (Wildman–Crippen LogP) is 4.53. The summed E-state index contributed by atoms with van der Waals surface area (Å²) in [5, 5.41) is 7.68. The molecule has 2 aromatic heterocycles. The predicted molar refractivity (Wildman–Crippen MR) is 101 cm³/mol. The number of methoxy groups -OCH3 is 1. The maximum atomic E-state index is 12.7. The van der Waals surface area contributed by atoms with E-state index in [-0.39, 0.29) is 5.91 Å². The Balaban J connectivity index is 1.87. The third kappa shape index (κ3) is 3.62. The molecule has 0 unspecified atom stereocenters. The molecule has 0 spiro atoms. The second-order valence-electron chi connectivity index (χ2n) is 5.42. The van der Waals surface area contributed by atoms with E-state index >= 15 is 0 Å². The first-order valence-corrected chi connectivity index (χ1v) is 9.26. The van der Waals surface area contributed by atoms with Crippen LogP contribution in [0.5, 0.6) is 0 Å². The van der Waals surface area contributed by atoms with Crippen LogP contribution in [0, 0.1) is 13.8 Å². The van der Waals surface area contributed by atoms with E-state index in [2.05, 4.69) is 10.3 Å². The summed E-state index contributed by atoms with van der Waals surface area (Å²) >= 11 is 2.95. The highest BCUT2D eigenvalue weighted by molar-refractivity contribution is 7.17. The minimum atomic E-state index is -0.441. The Morgan fingerprint density at radius 1 is 1.20 bits per heavy atom. The minimum absolute atomic E-state index is 0.235. The lowest BCUT2D eigenvalue weighted by atomic mass is 10.1. The zero-order valence-electron chi connectivity index (χ0n) is 14.0. The van der Waals surface area contributed by atoms with Crippen molar-refractivity contribution in [1.29, 1.82) is 0 Å². The summed E-state index contributed by atoms with van der Waals surface area (Å²) in [6, 6.07) is 7.05. The number of thiazole rings is 1. The van der Waals surface area contributed by atoms with Gasteiger partial charge in [-0.05, 0) is 43.0 Å². The van der Waals surface area contributed by atoms with Gasteiger partial charge in [0, 0.05) is 16.6 Å². The highest BCUT2D eigenvalue weighted by atomic mass is 32.1. The van der Waals surface area contributed by atoms with Crippen molar-refractivity contribution >= 4 is 40.2 Å². The number of thiophene rings is 1. The van der Waals surface area contributed by atoms with E-state index in [0.29, 0.717) is 21.8 Å². The molecule has 0 saturated carbocycles. The number of hydrogen-bond acceptors (Lipinski definition) is 6. The third-order valence-corrected chi connectivity index (χ3v) is 5.57. The van der Waals surface area contributed by atoms with Gasteiger partial charge in [0.05, 0.1) is 18.4 Å². The maximum Gasteiger partial charge on any atom is 0.337 e. The second-order valence-corrected chi connectivity index (χ2v) is 7.20. The number of ether oxygens (including phenoxy) is 1. The molecule has 3 aromatic rings. The summed E-state index contributed by atoms with van der Waals surface area (Å²) < 4.78 is 4.73. The fourth-order valence-electron chi connectivity index (χ4n) is 2.30. The summed E-state index contributed by atoms with van der Waals surface area (Å²) in [4.78, 5) is 29.4. The number of hydrogen-bond donors (Lipinski definition) is 1. The van der Waals surface area contributed by atoms with Gasteiger partial charge >= 0.3 is 5.97 Å². The molecule has 0 aliphatic rings. The van der Waals surface area contributed by atoms with Gasteiger partial charge in [-0.25, -0.2) is 9.78 Å². The molecule has 1 aromatic carbocycles. The Morgan fingerprint density at radius 2 is 2.00 bits per heavy atom. The first-order chi connectivity index (χ1) is 12.0. The number of nitrogens with one attached hydrogen (secondary N) is 1. The van der Waals surface area contributed by atoms with Crippen LogP contribution in [-0.2, 0) is 4.74 Å². The number of anilines is 1. The molecule has 25 heavy (non-hydrogen) atoms. The number of nitrogens with zero attached hydrogens (tertiary/aromatic N) is 1. The molecule has 0 bridgehead atoms. The number of benzene rings is 1. The van der Waals surface area contributed by atoms with Gasteiger partial charge in [0.2, 0.25) is 0 Å². The van der Waals surface area contributed by atoms with Crippen LogP contribution >= 0.6 is 22.7 Å². The summed E-state index contributed by atoms with van der Waals surface area (Å²) in [5.41, 5.74) is 3.54. The van der Waals surface area contributed by atoms with Crippen molar-refractivity contribution in [1.82, 2.24) is 4.98 Å². The van der Waals surface area contributed by atoms with Crippen molar-refractivity contribution in [2.45, 2.75) is 13.8 Å². The molecule has 0 aliphatic heterocycles. The highest BCUT2D eigenvalue weighted by Crippen LogP contribution is 2.30. The Hall–Kier alpha value is -2.51. The molecule has 0 radical (unpaired) electrons. The average molecular weight is 372 g/mol. The molecule has 0 atom stereocenters. The molecule has 1 amide bonds. The second kappa shape index (κ2) is 7.16. The molecule has 0 aliphatic carbocycles. The standard InChI is InChI=1S/C18H16N2O3S2/c1-10-4-5-12(18(22)23-3)8-14(10)20-16(21)15-11(2)19-17(25-15)13-6-7-24-9-13/h4-9H,1-3H3,(H,20,21). The van der Waals surface area contributed by atoms with Gasteiger partial charge in [-0.3, -0.25) is 4.79 Å². The largest absolute Gasteiger partial charge is 0.465 e. The number of aromatic nitrogens is 1. The Bertz CT molecular complexity index is 930. The molecule has 5 nitrogen and oxygen atoms in total. The summed E-state index contributed by atoms with van der Waals surface area (Å²) in [5.74, 6) is -0.675. The van der Waals surface area contributed by atoms with Crippen molar-refractivity contribution < 1.29 is 14.3 Å². The highest BCUT2D eigenvalue weighted by Gasteiger charge is 2.18. The van der Waals surface area contributed by atoms with Crippen molar-refractivity contribution in [3.63, 3.8) is 0 Å². The van der Waals surface area contributed by atoms with Crippen LogP contribution in [0.2, 0.25) is 0 Å². The third-order valence-electron chi connectivity index (χ3n) is 3.68. The summed E-state index contributed by atoms with van der Waals surface area (Å²) in [7, 11) is 1.33. The average Bonchev–Trinajstić information content (AvgIpc) is 3.25. The molecule has 0 saturated heterocycles. The zero-order chi connectivity index (χ0) is 18.0. The number of carbonyl (C=O) groups excluding carboxylic acids is 2. The molecule has 3 rings (SSSR count). The summed E-state index contributed by atoms with van der Waals surface area (Å²) in [6.45, 7) is 3.69. The fourth-order valence-corrected chi connectivity index (χ4v) is 3.97. The van der Waals surface area contributed by atoms with Gasteiger partial charge < -0.3 is 10.1 Å². The van der Waals surface area contributed by atoms with Gasteiger partial charge in [-0.15, -0.1) is 11.3 Å². The Labute approximate surface area is 153 Å². The normalized spacial score (nSPS) is 10.5. The van der Waals surface area contributed by atoms with Crippen molar-refractivity contribution in [2.24, 2.45) is 0 Å². The van der Waals surface area contributed by atoms with Gasteiger partial charge in [0.15, 0.2) is 0 Å². The molecule has 2 heterocycles. The van der Waals surface area contributed by atoms with Gasteiger partial charge in [-0.2, -0.15) is 11.3 Å². The van der Waals surface area contributed by atoms with Crippen LogP contribution in [0.3, 0.4) is 0 Å². The number of aryl methyl sites for hydroxylation is 2. The molecule has 0 fully saturated rings. The van der Waals surface area contributed by atoms with Crippen LogP contribution < -0.4 is 5.32 Å². The quantitative estimate of drug-likeness (QED) is 0.683. The minimum Gasteiger partial charge on any atom is -0.465 e. The number of esters is 1. The van der Waals surface area contributed by atoms with Crippen LogP contribution in [0.25, 0.3) is 10.6 Å². The van der Waals surface area contributed by atoms with Crippen molar-refractivity contribution in [2.75, 3.05) is 12.4 Å². The van der Waals surface area contributed by atoms with E-state index in [4.69, 9.17) is 4.74 Å². The van der Waals surface area contributed by atoms with E-state index in [0.717, 1.165) is 16.1 Å². The zero-order valence-corrected chi connectivity index (χ0v) is 15.6. The van der Waals surface area contributed by atoms with Gasteiger partial charge in [0.25, 0.3) is 5.91 Å². The SMILES string of the molecule is COC(=O)c1ccc(C)c(NC(=O)c2sc(-c3ccsc3)nc2C)c1. The van der Waals surface area contributed by atoms with Crippen LogP contribution in [0.1, 0.15) is 31.3 Å². The lowest BCUT2D eigenvalue weighted by molar-refractivity contribution is 0.0600. The van der Waals surface area contributed by atoms with Crippen LogP contribution in [0.4, 0.5) is 5.69 Å². The molecule has 7 heteroatoms. The Kier molecular flexibility index (Phi) is 4.96. The lowest BCUT2D eigenvalue weighted by Gasteiger charge is -2.09.